The molecular formula is C14H13ClF2N4O2. The summed E-state index contributed by atoms with van der Waals surface area (Å²) < 4.78 is 32.4. The molecule has 0 saturated carbocycles. The van der Waals surface area contributed by atoms with Crippen molar-refractivity contribution in [3.05, 3.63) is 40.7 Å². The van der Waals surface area contributed by atoms with Crippen LogP contribution in [0.5, 0.6) is 5.75 Å². The van der Waals surface area contributed by atoms with Gasteiger partial charge in [0.2, 0.25) is 0 Å². The molecule has 0 bridgehead atoms. The second-order valence-electron chi connectivity index (χ2n) is 5.01. The number of carbonyl (C=O) groups is 1. The lowest BCUT2D eigenvalue weighted by atomic mass is 10.1. The standard InChI is InChI=1S/C14H13ClF2N4O2/c1-21-12(13(16)17)9(5-18-21)19-14(22)20-10-6-23-11-3-2-7(15)4-8(10)11/h2-5,10,13H,6H2,1H3,(H2,19,20,22). The summed E-state index contributed by atoms with van der Waals surface area (Å²) in [6, 6.07) is 4.07. The van der Waals surface area contributed by atoms with E-state index in [0.29, 0.717) is 10.8 Å². The van der Waals surface area contributed by atoms with E-state index < -0.39 is 18.5 Å². The van der Waals surface area contributed by atoms with E-state index in [1.165, 1.54) is 13.2 Å². The molecule has 3 rings (SSSR count). The summed E-state index contributed by atoms with van der Waals surface area (Å²) in [7, 11) is 1.38. The van der Waals surface area contributed by atoms with Crippen molar-refractivity contribution in [1.29, 1.82) is 0 Å². The number of aromatic nitrogens is 2. The van der Waals surface area contributed by atoms with Crippen LogP contribution in [-0.2, 0) is 7.05 Å². The van der Waals surface area contributed by atoms with Gasteiger partial charge in [-0.2, -0.15) is 5.10 Å². The van der Waals surface area contributed by atoms with Gasteiger partial charge in [-0.1, -0.05) is 11.6 Å². The maximum atomic E-state index is 13.0. The van der Waals surface area contributed by atoms with Gasteiger partial charge in [-0.3, -0.25) is 4.68 Å². The Hall–Kier alpha value is -2.35. The number of hydrogen-bond acceptors (Lipinski definition) is 3. The number of ether oxygens (including phenoxy) is 1. The van der Waals surface area contributed by atoms with Crippen LogP contribution < -0.4 is 15.4 Å². The van der Waals surface area contributed by atoms with Crippen molar-refractivity contribution in [3.63, 3.8) is 0 Å². The number of aryl methyl sites for hydroxylation is 1. The number of alkyl halides is 2. The predicted molar refractivity (Wildman–Crippen MR) is 80.0 cm³/mol. The van der Waals surface area contributed by atoms with E-state index in [2.05, 4.69) is 15.7 Å². The first-order chi connectivity index (χ1) is 11.0. The number of hydrogen-bond donors (Lipinski definition) is 2. The Labute approximate surface area is 135 Å². The van der Waals surface area contributed by atoms with Crippen LogP contribution in [0.1, 0.15) is 23.7 Å². The second-order valence-corrected chi connectivity index (χ2v) is 5.45. The largest absolute Gasteiger partial charge is 0.491 e. The minimum atomic E-state index is -2.74. The molecule has 0 fully saturated rings. The molecule has 0 saturated heterocycles. The molecule has 6 nitrogen and oxygen atoms in total. The van der Waals surface area contributed by atoms with Crippen molar-refractivity contribution in [1.82, 2.24) is 15.1 Å². The Morgan fingerprint density at radius 1 is 1.52 bits per heavy atom. The molecule has 1 aliphatic heterocycles. The molecule has 1 aromatic carbocycles. The highest BCUT2D eigenvalue weighted by Crippen LogP contribution is 2.34. The number of anilines is 1. The van der Waals surface area contributed by atoms with Gasteiger partial charge in [-0.05, 0) is 18.2 Å². The van der Waals surface area contributed by atoms with Crippen LogP contribution in [0.3, 0.4) is 0 Å². The summed E-state index contributed by atoms with van der Waals surface area (Å²) in [6.07, 6.45) is -1.57. The Kier molecular flexibility index (Phi) is 4.08. The van der Waals surface area contributed by atoms with Crippen LogP contribution in [0.4, 0.5) is 19.3 Å². The third-order valence-electron chi connectivity index (χ3n) is 3.50. The van der Waals surface area contributed by atoms with Crippen LogP contribution in [0, 0.1) is 0 Å². The number of carbonyl (C=O) groups excluding carboxylic acids is 1. The molecule has 1 atom stereocenters. The number of benzene rings is 1. The first-order valence-corrected chi connectivity index (χ1v) is 7.13. The Bertz CT molecular complexity index is 750. The molecular weight excluding hydrogens is 330 g/mol. The van der Waals surface area contributed by atoms with Gasteiger partial charge in [0.05, 0.1) is 17.9 Å². The molecule has 0 aliphatic carbocycles. The van der Waals surface area contributed by atoms with E-state index in [4.69, 9.17) is 16.3 Å². The van der Waals surface area contributed by atoms with Crippen molar-refractivity contribution in [3.8, 4) is 5.75 Å². The number of rotatable bonds is 3. The predicted octanol–water partition coefficient (Wildman–Crippen LogP) is 3.27. The molecule has 23 heavy (non-hydrogen) atoms. The molecule has 0 radical (unpaired) electrons. The number of halogens is 3. The third kappa shape index (κ3) is 3.07. The van der Waals surface area contributed by atoms with Crippen LogP contribution in [0.2, 0.25) is 5.02 Å². The zero-order valence-corrected chi connectivity index (χ0v) is 12.8. The van der Waals surface area contributed by atoms with Crippen molar-refractivity contribution in [2.75, 3.05) is 11.9 Å². The molecule has 2 N–H and O–H groups in total. The fraction of sp³-hybridized carbons (Fsp3) is 0.286. The molecule has 122 valence electrons. The van der Waals surface area contributed by atoms with Gasteiger partial charge in [-0.25, -0.2) is 13.6 Å². The van der Waals surface area contributed by atoms with Gasteiger partial charge in [-0.15, -0.1) is 0 Å². The maximum absolute atomic E-state index is 13.0. The quantitative estimate of drug-likeness (QED) is 0.899. The van der Waals surface area contributed by atoms with E-state index in [1.807, 2.05) is 0 Å². The number of amides is 2. The van der Waals surface area contributed by atoms with Gasteiger partial charge in [0.1, 0.15) is 18.1 Å². The summed E-state index contributed by atoms with van der Waals surface area (Å²) in [5.74, 6) is 0.634. The van der Waals surface area contributed by atoms with Crippen molar-refractivity contribution in [2.45, 2.75) is 12.5 Å². The zero-order chi connectivity index (χ0) is 16.6. The number of nitrogens with zero attached hydrogens (tertiary/aromatic N) is 2. The fourth-order valence-corrected chi connectivity index (χ4v) is 2.60. The third-order valence-corrected chi connectivity index (χ3v) is 3.73. The molecule has 2 amide bonds. The van der Waals surface area contributed by atoms with Gasteiger partial charge in [0.15, 0.2) is 0 Å². The van der Waals surface area contributed by atoms with Gasteiger partial charge >= 0.3 is 6.03 Å². The summed E-state index contributed by atoms with van der Waals surface area (Å²) in [5.41, 5.74) is 0.351. The Balaban J connectivity index is 1.71. The van der Waals surface area contributed by atoms with Crippen molar-refractivity contribution >= 4 is 23.3 Å². The zero-order valence-electron chi connectivity index (χ0n) is 12.0. The maximum Gasteiger partial charge on any atom is 0.319 e. The molecule has 1 aromatic heterocycles. The van der Waals surface area contributed by atoms with E-state index in [1.54, 1.807) is 18.2 Å². The lowest BCUT2D eigenvalue weighted by Crippen LogP contribution is -2.33. The van der Waals surface area contributed by atoms with Crippen LogP contribution in [0.15, 0.2) is 24.4 Å². The van der Waals surface area contributed by atoms with E-state index in [0.717, 1.165) is 10.2 Å². The SMILES string of the molecule is Cn1ncc(NC(=O)NC2COc3ccc(Cl)cc32)c1C(F)F. The number of urea groups is 1. The number of fused-ring (bicyclic) bond motifs is 1. The van der Waals surface area contributed by atoms with Gasteiger partial charge in [0.25, 0.3) is 6.43 Å². The topological polar surface area (TPSA) is 68.2 Å². The lowest BCUT2D eigenvalue weighted by molar-refractivity contribution is 0.141. The smallest absolute Gasteiger partial charge is 0.319 e. The molecule has 9 heteroatoms. The monoisotopic (exact) mass is 342 g/mol. The first-order valence-electron chi connectivity index (χ1n) is 6.75. The van der Waals surface area contributed by atoms with Crippen molar-refractivity contribution < 1.29 is 18.3 Å². The highest BCUT2D eigenvalue weighted by molar-refractivity contribution is 6.30. The molecule has 2 heterocycles. The molecule has 1 aliphatic rings. The van der Waals surface area contributed by atoms with Crippen LogP contribution >= 0.6 is 11.6 Å². The second kappa shape index (κ2) is 6.04. The molecule has 0 spiro atoms. The minimum Gasteiger partial charge on any atom is -0.491 e. The summed E-state index contributed by atoms with van der Waals surface area (Å²) in [5, 5.41) is 9.30. The van der Waals surface area contributed by atoms with E-state index in [9.17, 15) is 13.6 Å². The molecule has 2 aromatic rings. The van der Waals surface area contributed by atoms with Crippen LogP contribution in [0.25, 0.3) is 0 Å². The summed E-state index contributed by atoms with van der Waals surface area (Å²) in [6.45, 7) is 0.248. The normalized spacial score (nSPS) is 16.1. The van der Waals surface area contributed by atoms with E-state index >= 15 is 0 Å². The van der Waals surface area contributed by atoms with Crippen molar-refractivity contribution in [2.24, 2.45) is 7.05 Å². The average molecular weight is 343 g/mol. The molecule has 1 unspecified atom stereocenters. The Morgan fingerprint density at radius 2 is 2.30 bits per heavy atom. The van der Waals surface area contributed by atoms with Gasteiger partial charge < -0.3 is 15.4 Å². The highest BCUT2D eigenvalue weighted by atomic mass is 35.5. The summed E-state index contributed by atoms with van der Waals surface area (Å²) in [4.78, 5) is 12.1. The highest BCUT2D eigenvalue weighted by Gasteiger charge is 2.27. The van der Waals surface area contributed by atoms with Gasteiger partial charge in [0, 0.05) is 17.6 Å². The lowest BCUT2D eigenvalue weighted by Gasteiger charge is -2.13. The number of nitrogens with one attached hydrogen (secondary N) is 2. The average Bonchev–Trinajstić information content (AvgIpc) is 3.03. The fourth-order valence-electron chi connectivity index (χ4n) is 2.42. The first kappa shape index (κ1) is 15.5. The Morgan fingerprint density at radius 3 is 3.04 bits per heavy atom. The van der Waals surface area contributed by atoms with Crippen LogP contribution in [-0.4, -0.2) is 22.4 Å². The minimum absolute atomic E-state index is 0.0368. The summed E-state index contributed by atoms with van der Waals surface area (Å²) >= 11 is 5.94. The van der Waals surface area contributed by atoms with E-state index in [-0.39, 0.29) is 18.0 Å².